The van der Waals surface area contributed by atoms with Crippen molar-refractivity contribution in [2.45, 2.75) is 212 Å². The third-order valence-electron chi connectivity index (χ3n) is 21.4. The van der Waals surface area contributed by atoms with Crippen LogP contribution in [0.3, 0.4) is 0 Å². The Labute approximate surface area is 656 Å². The molecule has 0 atom stereocenters. The maximum atomic E-state index is 13.5. The van der Waals surface area contributed by atoms with Gasteiger partial charge in [0.2, 0.25) is 29.7 Å². The molecule has 4 aromatic heterocycles. The maximum Gasteiger partial charge on any atom is 0.268 e. The fourth-order valence-electron chi connectivity index (χ4n) is 15.1. The molecule has 8 amide bonds. The number of nitroso groups, excluding NO2 is 2. The SMILES string of the molecule is CC(=O)CCCCCn1c(NC(=O)c2cccs2)nc2cc(C(=O)N(C)C3CCCCC3)ccc21.CCN(C(=O)c1ccc2c(c1)nc(NC(=O)c1ccc([N+](C)=O)cc1)n2CCCCC(N)=O)C1CCCCC1.CN(C(=O)c1ccc2c(c1)nc(NC(=O)c1ccc([N+](C)=O)cc1)n2CCCCC(N)=O)C1CCCCC1. The predicted octanol–water partition coefficient (Wildman–Crippen LogP) is 15.1. The van der Waals surface area contributed by atoms with E-state index in [1.54, 1.807) is 79.7 Å². The predicted molar refractivity (Wildman–Crippen MR) is 435 cm³/mol. The number of rotatable bonds is 31. The number of primary amides is 2. The number of aromatic nitrogens is 6. The van der Waals surface area contributed by atoms with Crippen molar-refractivity contribution in [3.63, 3.8) is 0 Å². The van der Waals surface area contributed by atoms with Crippen molar-refractivity contribution >= 4 is 127 Å². The topological polar surface area (TPSA) is 345 Å². The zero-order valence-electron chi connectivity index (χ0n) is 65.3. The number of nitrogens with two attached hydrogens (primary N) is 2. The number of fused-ring (bicyclic) bond motifs is 3. The standard InChI is InChI=1S/C29H36N6O4.C28H34N6O4.C27H34N4O3S/c1-3-34(23-9-5-4-6-10-23)28(38)21-14-17-25-24(19-21)31-29(35(25)18-8-7-11-26(30)36)32-27(37)20-12-15-22(16-13-20)33(2)39;1-32(21-8-4-3-5-9-21)27(37)20-13-16-24-23(18-20)30-28(34(24)17-7-6-10-25(29)35)31-26(36)19-11-14-22(15-12-19)33(2)38;1-19(32)10-5-4-8-16-31-23-15-14-20(26(34)30(2)21-11-6-3-7-12-21)18-22(23)28-27(31)29-25(33)24-13-9-17-35-24/h12-17,19,23H,3-11,18H2,1-2H3,(H2-,30,31,32,36,37);11-16,18,21H,3-10,17H2,1-2H3,(H2-,29,30,31,35,36);9,13-15,17-18,21H,3-8,10-12,16H2,1-2H3,(H,28,29,33)/p+2. The Bertz CT molecular complexity index is 4840. The molecule has 0 unspecified atom stereocenters. The molecule has 12 rings (SSSR count). The Morgan fingerprint density at radius 3 is 1.14 bits per heavy atom. The lowest BCUT2D eigenvalue weighted by molar-refractivity contribution is -0.428. The van der Waals surface area contributed by atoms with Gasteiger partial charge in [-0.15, -0.1) is 11.3 Å². The molecule has 0 aliphatic heterocycles. The van der Waals surface area contributed by atoms with Gasteiger partial charge in [-0.3, -0.25) is 54.3 Å². The summed E-state index contributed by atoms with van der Waals surface area (Å²) in [5.74, 6) is -0.278. The molecule has 3 aliphatic carbocycles. The van der Waals surface area contributed by atoms with Gasteiger partial charge in [0.15, 0.2) is 14.1 Å². The molecule has 27 nitrogen and oxygen atoms in total. The van der Waals surface area contributed by atoms with Crippen LogP contribution in [-0.4, -0.2) is 159 Å². The summed E-state index contributed by atoms with van der Waals surface area (Å²) in [5.41, 5.74) is 18.3. The van der Waals surface area contributed by atoms with Gasteiger partial charge in [0.1, 0.15) is 5.78 Å². The highest BCUT2D eigenvalue weighted by Crippen LogP contribution is 2.32. The van der Waals surface area contributed by atoms with Crippen LogP contribution >= 0.6 is 11.3 Å². The average molecular weight is 1550 g/mol. The summed E-state index contributed by atoms with van der Waals surface area (Å²) in [6, 6.07) is 33.6. The zero-order valence-corrected chi connectivity index (χ0v) is 66.1. The van der Waals surface area contributed by atoms with Gasteiger partial charge in [0.25, 0.3) is 46.8 Å². The highest BCUT2D eigenvalue weighted by Gasteiger charge is 2.30. The minimum atomic E-state index is -0.368. The monoisotopic (exact) mass is 1550 g/mol. The van der Waals surface area contributed by atoms with Crippen LogP contribution in [0.15, 0.2) is 121 Å². The largest absolute Gasteiger partial charge is 0.370 e. The van der Waals surface area contributed by atoms with Gasteiger partial charge < -0.3 is 44.7 Å². The number of thiophene rings is 1. The summed E-state index contributed by atoms with van der Waals surface area (Å²) in [6.45, 7) is 5.97. The Kier molecular flexibility index (Phi) is 29.9. The molecule has 0 spiro atoms. The molecule has 3 aliphatic rings. The van der Waals surface area contributed by atoms with Crippen molar-refractivity contribution in [1.82, 2.24) is 43.4 Å². The normalized spacial score (nSPS) is 13.9. The highest BCUT2D eigenvalue weighted by atomic mass is 32.1. The molecule has 28 heteroatoms. The van der Waals surface area contributed by atoms with Gasteiger partial charge in [0.05, 0.1) is 38.0 Å². The lowest BCUT2D eigenvalue weighted by Crippen LogP contribution is -2.41. The molecule has 3 fully saturated rings. The van der Waals surface area contributed by atoms with E-state index in [0.717, 1.165) is 110 Å². The van der Waals surface area contributed by atoms with E-state index >= 15 is 0 Å². The van der Waals surface area contributed by atoms with Gasteiger partial charge in [-0.1, -0.05) is 70.3 Å². The number of unbranched alkanes of at least 4 members (excludes halogenated alkanes) is 4. The fourth-order valence-corrected chi connectivity index (χ4v) is 15.7. The molecule has 0 radical (unpaired) electrons. The van der Waals surface area contributed by atoms with Crippen LogP contribution in [0.2, 0.25) is 0 Å². The van der Waals surface area contributed by atoms with E-state index in [4.69, 9.17) is 16.5 Å². The summed E-state index contributed by atoms with van der Waals surface area (Å²) in [5, 5.41) is 10.6. The number of hydrogen-bond acceptors (Lipinski definition) is 15. The van der Waals surface area contributed by atoms with Crippen LogP contribution in [0.4, 0.5) is 29.2 Å². The van der Waals surface area contributed by atoms with Crippen molar-refractivity contribution in [3.8, 4) is 0 Å². The fraction of sp³-hybridized carbons (Fsp3) is 0.452. The number of aryl methyl sites for hydroxylation is 3. The Balaban J connectivity index is 0.000000179. The summed E-state index contributed by atoms with van der Waals surface area (Å²) in [4.78, 5) is 156. The second kappa shape index (κ2) is 40.2. The highest BCUT2D eigenvalue weighted by molar-refractivity contribution is 7.12. The number of ketones is 1. The van der Waals surface area contributed by atoms with E-state index in [2.05, 4.69) is 25.9 Å². The van der Waals surface area contributed by atoms with Crippen LogP contribution in [0.25, 0.3) is 33.1 Å². The van der Waals surface area contributed by atoms with Gasteiger partial charge >= 0.3 is 0 Å². The van der Waals surface area contributed by atoms with Gasteiger partial charge in [-0.25, -0.2) is 15.0 Å². The number of nitrogens with zero attached hydrogens (tertiary/aromatic N) is 11. The first-order valence-corrected chi connectivity index (χ1v) is 40.3. The van der Waals surface area contributed by atoms with E-state index in [1.165, 1.54) is 57.5 Å². The molecular weight excluding hydrogens is 1440 g/mol. The molecule has 9 aromatic rings. The Morgan fingerprint density at radius 1 is 0.446 bits per heavy atom. The van der Waals surface area contributed by atoms with Crippen LogP contribution in [0.5, 0.6) is 0 Å². The van der Waals surface area contributed by atoms with Crippen molar-refractivity contribution in [3.05, 3.63) is 163 Å². The van der Waals surface area contributed by atoms with Crippen LogP contribution in [0, 0.1) is 9.81 Å². The third kappa shape index (κ3) is 22.1. The Morgan fingerprint density at radius 2 is 0.795 bits per heavy atom. The summed E-state index contributed by atoms with van der Waals surface area (Å²) in [7, 11) is 6.54. The average Bonchev–Trinajstić information content (AvgIpc) is 1.64. The van der Waals surface area contributed by atoms with Gasteiger partial charge in [-0.2, -0.15) is 0 Å². The minimum absolute atomic E-state index is 0.00340. The van der Waals surface area contributed by atoms with Crippen molar-refractivity contribution < 1.29 is 52.7 Å². The summed E-state index contributed by atoms with van der Waals surface area (Å²) >= 11 is 1.38. The Hall–Kier alpha value is -11.2. The van der Waals surface area contributed by atoms with Crippen LogP contribution in [0.1, 0.15) is 236 Å². The lowest BCUT2D eigenvalue weighted by Gasteiger charge is -2.33. The number of benzene rings is 5. The molecule has 592 valence electrons. The van der Waals surface area contributed by atoms with Crippen LogP contribution in [-0.2, 0) is 34.0 Å². The molecule has 3 saturated carbocycles. The maximum absolute atomic E-state index is 13.5. The molecule has 112 heavy (non-hydrogen) atoms. The number of imidazole rings is 3. The zero-order chi connectivity index (χ0) is 80.0. The first-order chi connectivity index (χ1) is 54.0. The van der Waals surface area contributed by atoms with Crippen molar-refractivity contribution in [1.29, 1.82) is 0 Å². The van der Waals surface area contributed by atoms with E-state index in [0.29, 0.717) is 143 Å². The summed E-state index contributed by atoms with van der Waals surface area (Å²) in [6.07, 6.45) is 23.1. The number of carbonyl (C=O) groups is 9. The quantitative estimate of drug-likeness (QED) is 0.0199. The van der Waals surface area contributed by atoms with Crippen molar-refractivity contribution in [2.24, 2.45) is 11.5 Å². The number of Topliss-reactive ketones (excluding diaryl/α,β-unsaturated/α-hetero) is 1. The third-order valence-corrected chi connectivity index (χ3v) is 22.3. The lowest BCUT2D eigenvalue weighted by atomic mass is 9.93. The second-order valence-electron chi connectivity index (χ2n) is 29.5. The molecule has 4 heterocycles. The van der Waals surface area contributed by atoms with Gasteiger partial charge in [0, 0.05) is 149 Å². The first kappa shape index (κ1) is 83.3. The van der Waals surface area contributed by atoms with E-state index in [-0.39, 0.29) is 78.0 Å². The first-order valence-electron chi connectivity index (χ1n) is 39.4. The van der Waals surface area contributed by atoms with E-state index in [9.17, 15) is 53.0 Å². The number of carbonyl (C=O) groups excluding carboxylic acids is 9. The van der Waals surface area contributed by atoms with Gasteiger partial charge in [-0.05, 0) is 181 Å². The number of nitrogens with one attached hydrogen (secondary N) is 3. The second-order valence-corrected chi connectivity index (χ2v) is 30.4. The molecule has 5 aromatic carbocycles. The molecule has 0 saturated heterocycles. The number of hydrogen-bond donors (Lipinski definition) is 5. The smallest absolute Gasteiger partial charge is 0.268 e. The van der Waals surface area contributed by atoms with E-state index in [1.807, 2.05) is 97.3 Å². The number of anilines is 3. The van der Waals surface area contributed by atoms with Crippen LogP contribution < -0.4 is 27.4 Å². The van der Waals surface area contributed by atoms with Crippen molar-refractivity contribution in [2.75, 3.05) is 50.7 Å². The minimum Gasteiger partial charge on any atom is -0.370 e. The molecular formula is C84H106N16O11S+2. The number of amides is 8. The molecule has 0 bridgehead atoms. The molecule has 7 N–H and O–H groups in total. The summed E-state index contributed by atoms with van der Waals surface area (Å²) < 4.78 is 7.22. The van der Waals surface area contributed by atoms with E-state index < -0.39 is 0 Å².